The molecule has 0 spiro atoms. The van der Waals surface area contributed by atoms with Gasteiger partial charge in [0.05, 0.1) is 17.2 Å². The van der Waals surface area contributed by atoms with Crippen molar-refractivity contribution in [1.82, 2.24) is 24.0 Å². The van der Waals surface area contributed by atoms with Gasteiger partial charge in [0.25, 0.3) is 11.5 Å². The molecule has 7 nitrogen and oxygen atoms in total. The summed E-state index contributed by atoms with van der Waals surface area (Å²) < 4.78 is 3.71. The van der Waals surface area contributed by atoms with Crippen molar-refractivity contribution < 1.29 is 4.79 Å². The standard InChI is InChI=1S/C22H27N5O2/c1-3-4-10-26-13-9-23-20(26)16-7-11-27(12-8-16)21(28)17-5-6-18-19(14-17)24-15-25(2)22(18)29/h5-6,9,13-16H,3-4,7-8,10-12H2,1-2H3. The maximum absolute atomic E-state index is 13.0. The predicted octanol–water partition coefficient (Wildman–Crippen LogP) is 2.95. The molecule has 0 atom stereocenters. The Hall–Kier alpha value is -2.96. The van der Waals surface area contributed by atoms with Crippen molar-refractivity contribution in [2.45, 2.75) is 45.1 Å². The fraction of sp³-hybridized carbons (Fsp3) is 0.455. The van der Waals surface area contributed by atoms with E-state index in [-0.39, 0.29) is 11.5 Å². The molecule has 1 amide bonds. The number of imidazole rings is 1. The van der Waals surface area contributed by atoms with Crippen LogP contribution in [0.3, 0.4) is 0 Å². The minimum absolute atomic E-state index is 0.00199. The summed E-state index contributed by atoms with van der Waals surface area (Å²) in [5, 5.41) is 0.532. The third-order valence-electron chi connectivity index (χ3n) is 5.81. The highest BCUT2D eigenvalue weighted by Crippen LogP contribution is 2.28. The number of aryl methyl sites for hydroxylation is 2. The number of likely N-dealkylation sites (tertiary alicyclic amines) is 1. The molecular weight excluding hydrogens is 366 g/mol. The van der Waals surface area contributed by atoms with Gasteiger partial charge in [-0.05, 0) is 37.5 Å². The Kier molecular flexibility index (Phi) is 5.47. The number of nitrogens with zero attached hydrogens (tertiary/aromatic N) is 5. The lowest BCUT2D eigenvalue weighted by molar-refractivity contribution is 0.0710. The van der Waals surface area contributed by atoms with Crippen molar-refractivity contribution in [1.29, 1.82) is 0 Å². The molecule has 1 aromatic carbocycles. The summed E-state index contributed by atoms with van der Waals surface area (Å²) in [5.74, 6) is 1.55. The summed E-state index contributed by atoms with van der Waals surface area (Å²) in [4.78, 5) is 35.9. The number of unbranched alkanes of at least 4 members (excludes halogenated alkanes) is 1. The molecule has 2 aromatic heterocycles. The van der Waals surface area contributed by atoms with Gasteiger partial charge < -0.3 is 14.0 Å². The van der Waals surface area contributed by atoms with Crippen LogP contribution in [0.2, 0.25) is 0 Å². The highest BCUT2D eigenvalue weighted by atomic mass is 16.2. The third-order valence-corrected chi connectivity index (χ3v) is 5.81. The molecule has 4 rings (SSSR count). The average molecular weight is 393 g/mol. The van der Waals surface area contributed by atoms with Gasteiger partial charge in [-0.1, -0.05) is 13.3 Å². The summed E-state index contributed by atoms with van der Waals surface area (Å²) in [6, 6.07) is 5.16. The van der Waals surface area contributed by atoms with E-state index < -0.39 is 0 Å². The second kappa shape index (κ2) is 8.19. The average Bonchev–Trinajstić information content (AvgIpc) is 3.23. The summed E-state index contributed by atoms with van der Waals surface area (Å²) in [6.45, 7) is 4.63. The van der Waals surface area contributed by atoms with Crippen LogP contribution < -0.4 is 5.56 Å². The molecule has 0 saturated carbocycles. The van der Waals surface area contributed by atoms with Gasteiger partial charge in [0, 0.05) is 50.6 Å². The van der Waals surface area contributed by atoms with E-state index in [4.69, 9.17) is 0 Å². The first-order valence-corrected chi connectivity index (χ1v) is 10.3. The van der Waals surface area contributed by atoms with Crippen LogP contribution >= 0.6 is 0 Å². The first-order valence-electron chi connectivity index (χ1n) is 10.3. The SMILES string of the molecule is CCCCn1ccnc1C1CCN(C(=O)c2ccc3c(=O)n(C)cnc3c2)CC1. The molecule has 1 saturated heterocycles. The number of rotatable bonds is 5. The predicted molar refractivity (Wildman–Crippen MR) is 112 cm³/mol. The second-order valence-corrected chi connectivity index (χ2v) is 7.79. The minimum atomic E-state index is -0.103. The molecule has 0 unspecified atom stereocenters. The third kappa shape index (κ3) is 3.81. The highest BCUT2D eigenvalue weighted by Gasteiger charge is 2.27. The zero-order valence-corrected chi connectivity index (χ0v) is 17.0. The molecule has 3 aromatic rings. The van der Waals surface area contributed by atoms with E-state index in [9.17, 15) is 9.59 Å². The van der Waals surface area contributed by atoms with Crippen LogP contribution in [-0.4, -0.2) is 43.0 Å². The van der Waals surface area contributed by atoms with Gasteiger partial charge in [0.15, 0.2) is 0 Å². The fourth-order valence-electron chi connectivity index (χ4n) is 4.07. The summed E-state index contributed by atoms with van der Waals surface area (Å²) in [6.07, 6.45) is 9.59. The maximum atomic E-state index is 13.0. The highest BCUT2D eigenvalue weighted by molar-refractivity contribution is 5.97. The van der Waals surface area contributed by atoms with Crippen LogP contribution in [-0.2, 0) is 13.6 Å². The Morgan fingerprint density at radius 1 is 1.21 bits per heavy atom. The molecule has 0 aliphatic carbocycles. The molecule has 7 heteroatoms. The molecule has 0 bridgehead atoms. The Morgan fingerprint density at radius 2 is 2.00 bits per heavy atom. The topological polar surface area (TPSA) is 73.0 Å². The lowest BCUT2D eigenvalue weighted by Gasteiger charge is -2.32. The number of aromatic nitrogens is 4. The van der Waals surface area contributed by atoms with Crippen LogP contribution in [0.25, 0.3) is 10.9 Å². The van der Waals surface area contributed by atoms with Crippen molar-refractivity contribution >= 4 is 16.8 Å². The number of benzene rings is 1. The normalized spacial score (nSPS) is 15.2. The van der Waals surface area contributed by atoms with Gasteiger partial charge in [-0.15, -0.1) is 0 Å². The van der Waals surface area contributed by atoms with Crippen LogP contribution in [0.15, 0.2) is 41.7 Å². The lowest BCUT2D eigenvalue weighted by Crippen LogP contribution is -2.38. The Balaban J connectivity index is 1.45. The molecule has 29 heavy (non-hydrogen) atoms. The van der Waals surface area contributed by atoms with Crippen LogP contribution in [0.1, 0.15) is 54.7 Å². The minimum Gasteiger partial charge on any atom is -0.339 e. The Morgan fingerprint density at radius 3 is 2.76 bits per heavy atom. The molecule has 1 fully saturated rings. The van der Waals surface area contributed by atoms with Crippen LogP contribution in [0.5, 0.6) is 0 Å². The smallest absolute Gasteiger partial charge is 0.260 e. The summed E-state index contributed by atoms with van der Waals surface area (Å²) in [7, 11) is 1.67. The van der Waals surface area contributed by atoms with Gasteiger partial charge in [0.1, 0.15) is 5.82 Å². The maximum Gasteiger partial charge on any atom is 0.260 e. The van der Waals surface area contributed by atoms with Crippen LogP contribution in [0, 0.1) is 0 Å². The van der Waals surface area contributed by atoms with E-state index in [0.29, 0.717) is 35.5 Å². The molecule has 0 N–H and O–H groups in total. The zero-order chi connectivity index (χ0) is 20.4. The van der Waals surface area contributed by atoms with Gasteiger partial charge in [0.2, 0.25) is 0 Å². The number of carbonyl (C=O) groups is 1. The van der Waals surface area contributed by atoms with E-state index in [2.05, 4.69) is 27.7 Å². The molecular formula is C22H27N5O2. The molecule has 0 radical (unpaired) electrons. The summed E-state index contributed by atoms with van der Waals surface area (Å²) >= 11 is 0. The fourth-order valence-corrected chi connectivity index (χ4v) is 4.07. The van der Waals surface area contributed by atoms with E-state index >= 15 is 0 Å². The van der Waals surface area contributed by atoms with E-state index in [1.807, 2.05) is 11.1 Å². The Bertz CT molecular complexity index is 1080. The number of fused-ring (bicyclic) bond motifs is 1. The first kappa shape index (κ1) is 19.4. The number of hydrogen-bond acceptors (Lipinski definition) is 4. The van der Waals surface area contributed by atoms with Crippen molar-refractivity contribution in [3.05, 3.63) is 58.7 Å². The van der Waals surface area contributed by atoms with Gasteiger partial charge >= 0.3 is 0 Å². The number of amides is 1. The van der Waals surface area contributed by atoms with Crippen LogP contribution in [0.4, 0.5) is 0 Å². The second-order valence-electron chi connectivity index (χ2n) is 7.79. The van der Waals surface area contributed by atoms with Gasteiger partial charge in [-0.2, -0.15) is 0 Å². The van der Waals surface area contributed by atoms with Crippen molar-refractivity contribution in [3.8, 4) is 0 Å². The molecule has 1 aliphatic rings. The number of hydrogen-bond donors (Lipinski definition) is 0. The quantitative estimate of drug-likeness (QED) is 0.668. The molecule has 152 valence electrons. The van der Waals surface area contributed by atoms with E-state index in [1.54, 1.807) is 25.2 Å². The van der Waals surface area contributed by atoms with Gasteiger partial charge in [-0.25, -0.2) is 9.97 Å². The largest absolute Gasteiger partial charge is 0.339 e. The first-order chi connectivity index (χ1) is 14.1. The molecule has 3 heterocycles. The van der Waals surface area contributed by atoms with E-state index in [1.165, 1.54) is 10.9 Å². The Labute approximate surface area is 170 Å². The molecule has 1 aliphatic heterocycles. The van der Waals surface area contributed by atoms with E-state index in [0.717, 1.165) is 38.1 Å². The monoisotopic (exact) mass is 393 g/mol. The lowest BCUT2D eigenvalue weighted by atomic mass is 9.95. The zero-order valence-electron chi connectivity index (χ0n) is 17.0. The van der Waals surface area contributed by atoms with Gasteiger partial charge in [-0.3, -0.25) is 9.59 Å². The van der Waals surface area contributed by atoms with Crippen molar-refractivity contribution in [2.75, 3.05) is 13.1 Å². The number of piperidine rings is 1. The van der Waals surface area contributed by atoms with Crippen molar-refractivity contribution in [2.24, 2.45) is 7.05 Å². The summed E-state index contributed by atoms with van der Waals surface area (Å²) in [5.41, 5.74) is 1.04. The number of carbonyl (C=O) groups excluding carboxylic acids is 1. The van der Waals surface area contributed by atoms with Crippen molar-refractivity contribution in [3.63, 3.8) is 0 Å².